The van der Waals surface area contributed by atoms with Gasteiger partial charge in [0, 0.05) is 5.56 Å². The number of pyridine rings is 1. The van der Waals surface area contributed by atoms with E-state index in [1.54, 1.807) is 0 Å². The van der Waals surface area contributed by atoms with E-state index in [1.807, 2.05) is 60.1 Å². The van der Waals surface area contributed by atoms with Gasteiger partial charge in [-0.2, -0.15) is 4.40 Å². The summed E-state index contributed by atoms with van der Waals surface area (Å²) in [4.78, 5) is 0. The van der Waals surface area contributed by atoms with Crippen molar-refractivity contribution in [2.24, 2.45) is 0 Å². The second-order valence-corrected chi connectivity index (χ2v) is 5.81. The minimum atomic E-state index is 0.783. The lowest BCUT2D eigenvalue weighted by Crippen LogP contribution is -2.30. The van der Waals surface area contributed by atoms with Crippen LogP contribution in [0.2, 0.25) is 0 Å². The zero-order chi connectivity index (χ0) is 16.1. The standard InChI is InChI=1S/C19H14N5/c1-13-17-20-21-18(15-8-3-2-4-9-15)24(17)19-16-10-6-5-7-14(16)11-12-23(19)22-13/h2-12H,1H3/q+1. The van der Waals surface area contributed by atoms with Crippen LogP contribution in [-0.2, 0) is 0 Å². The first kappa shape index (κ1) is 13.1. The normalized spacial score (nSPS) is 11.5. The van der Waals surface area contributed by atoms with E-state index in [0.717, 1.165) is 39.1 Å². The molecular formula is C19H14N5+. The molecule has 5 heteroatoms. The quantitative estimate of drug-likeness (QED) is 0.353. The van der Waals surface area contributed by atoms with Gasteiger partial charge in [-0.1, -0.05) is 41.5 Å². The molecule has 0 saturated heterocycles. The molecule has 0 unspecified atom stereocenters. The molecular weight excluding hydrogens is 298 g/mol. The van der Waals surface area contributed by atoms with E-state index in [-0.39, 0.29) is 0 Å². The molecule has 0 N–H and O–H groups in total. The molecule has 0 aliphatic carbocycles. The Kier molecular flexibility index (Phi) is 2.64. The van der Waals surface area contributed by atoms with E-state index in [1.165, 1.54) is 0 Å². The van der Waals surface area contributed by atoms with E-state index in [2.05, 4.69) is 37.9 Å². The molecule has 3 heterocycles. The summed E-state index contributed by atoms with van der Waals surface area (Å²) in [6, 6.07) is 20.5. The summed E-state index contributed by atoms with van der Waals surface area (Å²) in [6.07, 6.45) is 1.98. The second kappa shape index (κ2) is 4.83. The topological polar surface area (TPSA) is 47.2 Å². The molecule has 0 atom stereocenters. The molecule has 24 heavy (non-hydrogen) atoms. The van der Waals surface area contributed by atoms with E-state index in [0.29, 0.717) is 0 Å². The number of rotatable bonds is 1. The van der Waals surface area contributed by atoms with Crippen LogP contribution >= 0.6 is 0 Å². The number of fused-ring (bicyclic) bond motifs is 5. The van der Waals surface area contributed by atoms with Crippen molar-refractivity contribution < 1.29 is 4.52 Å². The lowest BCUT2D eigenvalue weighted by molar-refractivity contribution is -0.583. The Hall–Kier alpha value is -3.34. The number of hydrogen-bond donors (Lipinski definition) is 0. The van der Waals surface area contributed by atoms with Crippen molar-refractivity contribution >= 4 is 22.1 Å². The zero-order valence-electron chi connectivity index (χ0n) is 13.1. The van der Waals surface area contributed by atoms with Crippen LogP contribution < -0.4 is 4.52 Å². The Bertz CT molecular complexity index is 1210. The summed E-state index contributed by atoms with van der Waals surface area (Å²) >= 11 is 0. The summed E-state index contributed by atoms with van der Waals surface area (Å²) in [5.74, 6) is 0.824. The van der Waals surface area contributed by atoms with Gasteiger partial charge in [0.25, 0.3) is 11.5 Å². The van der Waals surface area contributed by atoms with Crippen LogP contribution in [0.4, 0.5) is 0 Å². The molecule has 5 rings (SSSR count). The molecule has 0 radical (unpaired) electrons. The van der Waals surface area contributed by atoms with E-state index in [9.17, 15) is 0 Å². The van der Waals surface area contributed by atoms with Gasteiger partial charge >= 0.3 is 5.65 Å². The van der Waals surface area contributed by atoms with Crippen LogP contribution in [0.3, 0.4) is 0 Å². The largest absolute Gasteiger partial charge is 0.323 e. The second-order valence-electron chi connectivity index (χ2n) is 5.81. The van der Waals surface area contributed by atoms with Gasteiger partial charge in [-0.05, 0) is 36.6 Å². The van der Waals surface area contributed by atoms with Gasteiger partial charge in [-0.25, -0.2) is 0 Å². The first-order chi connectivity index (χ1) is 11.8. The summed E-state index contributed by atoms with van der Waals surface area (Å²) < 4.78 is 4.00. The minimum absolute atomic E-state index is 0.783. The van der Waals surface area contributed by atoms with Gasteiger partial charge in [-0.15, -0.1) is 14.7 Å². The van der Waals surface area contributed by atoms with E-state index < -0.39 is 0 Å². The fourth-order valence-electron chi connectivity index (χ4n) is 3.19. The third-order valence-corrected chi connectivity index (χ3v) is 4.30. The number of nitrogens with zero attached hydrogens (tertiary/aromatic N) is 5. The average molecular weight is 312 g/mol. The highest BCUT2D eigenvalue weighted by Crippen LogP contribution is 2.23. The Morgan fingerprint density at radius 3 is 2.54 bits per heavy atom. The number of aromatic nitrogens is 5. The van der Waals surface area contributed by atoms with Gasteiger partial charge < -0.3 is 0 Å². The molecule has 5 aromatic rings. The molecule has 2 aromatic carbocycles. The highest BCUT2D eigenvalue weighted by molar-refractivity contribution is 5.93. The molecule has 114 valence electrons. The molecule has 3 aromatic heterocycles. The summed E-state index contributed by atoms with van der Waals surface area (Å²) in [6.45, 7) is 1.96. The SMILES string of the molecule is Cc1n[n+]2ccc3ccccc3c2n2c(-c3ccccc3)nnc12. The minimum Gasteiger partial charge on any atom is -0.151 e. The van der Waals surface area contributed by atoms with Crippen LogP contribution in [0.15, 0.2) is 66.9 Å². The van der Waals surface area contributed by atoms with Crippen molar-refractivity contribution in [2.75, 3.05) is 0 Å². The maximum atomic E-state index is 4.65. The molecule has 5 nitrogen and oxygen atoms in total. The Morgan fingerprint density at radius 2 is 1.67 bits per heavy atom. The fraction of sp³-hybridized carbons (Fsp3) is 0.0526. The lowest BCUT2D eigenvalue weighted by Gasteiger charge is -2.02. The number of aryl methyl sites for hydroxylation is 1. The summed E-state index contributed by atoms with van der Waals surface area (Å²) in [7, 11) is 0. The molecule has 0 aliphatic rings. The van der Waals surface area contributed by atoms with Crippen molar-refractivity contribution in [3.63, 3.8) is 0 Å². The highest BCUT2D eigenvalue weighted by atomic mass is 15.3. The molecule has 0 fully saturated rings. The van der Waals surface area contributed by atoms with E-state index >= 15 is 0 Å². The third kappa shape index (κ3) is 1.75. The molecule has 0 saturated carbocycles. The van der Waals surface area contributed by atoms with Gasteiger partial charge in [0.2, 0.25) is 0 Å². The Balaban J connectivity index is 2.05. The van der Waals surface area contributed by atoms with Crippen LogP contribution in [0.1, 0.15) is 5.69 Å². The van der Waals surface area contributed by atoms with Crippen LogP contribution in [0.25, 0.3) is 33.5 Å². The highest BCUT2D eigenvalue weighted by Gasteiger charge is 2.23. The molecule has 0 aliphatic heterocycles. The van der Waals surface area contributed by atoms with Crippen molar-refractivity contribution in [3.05, 3.63) is 72.6 Å². The monoisotopic (exact) mass is 312 g/mol. The van der Waals surface area contributed by atoms with Gasteiger partial charge in [-0.3, -0.25) is 0 Å². The third-order valence-electron chi connectivity index (χ3n) is 4.30. The summed E-state index contributed by atoms with van der Waals surface area (Å²) in [5, 5.41) is 15.8. The molecule has 0 spiro atoms. The smallest absolute Gasteiger partial charge is 0.151 e. The maximum Gasteiger partial charge on any atom is 0.323 e. The van der Waals surface area contributed by atoms with Crippen LogP contribution in [0, 0.1) is 6.92 Å². The van der Waals surface area contributed by atoms with Gasteiger partial charge in [0.05, 0.1) is 5.39 Å². The Morgan fingerprint density at radius 1 is 0.875 bits per heavy atom. The van der Waals surface area contributed by atoms with Gasteiger partial charge in [0.15, 0.2) is 0 Å². The zero-order valence-corrected chi connectivity index (χ0v) is 13.1. The van der Waals surface area contributed by atoms with Crippen molar-refractivity contribution in [1.29, 1.82) is 0 Å². The van der Waals surface area contributed by atoms with Crippen molar-refractivity contribution in [2.45, 2.75) is 6.92 Å². The Labute approximate surface area is 137 Å². The lowest BCUT2D eigenvalue weighted by atomic mass is 10.1. The van der Waals surface area contributed by atoms with Crippen LogP contribution in [0.5, 0.6) is 0 Å². The number of benzene rings is 2. The summed E-state index contributed by atoms with van der Waals surface area (Å²) in [5.41, 5.74) is 3.63. The van der Waals surface area contributed by atoms with Crippen LogP contribution in [-0.4, -0.2) is 19.7 Å². The van der Waals surface area contributed by atoms with Gasteiger partial charge in [0.1, 0.15) is 11.9 Å². The maximum absolute atomic E-state index is 4.65. The predicted molar refractivity (Wildman–Crippen MR) is 91.6 cm³/mol. The fourth-order valence-corrected chi connectivity index (χ4v) is 3.19. The van der Waals surface area contributed by atoms with Crippen molar-refractivity contribution in [1.82, 2.24) is 19.7 Å². The first-order valence-corrected chi connectivity index (χ1v) is 7.83. The molecule has 0 amide bonds. The molecule has 0 bridgehead atoms. The van der Waals surface area contributed by atoms with Crippen molar-refractivity contribution in [3.8, 4) is 11.4 Å². The first-order valence-electron chi connectivity index (χ1n) is 7.83. The average Bonchev–Trinajstić information content (AvgIpc) is 3.08. The van der Waals surface area contributed by atoms with E-state index in [4.69, 9.17) is 0 Å². The predicted octanol–water partition coefficient (Wildman–Crippen LogP) is 2.99. The number of hydrogen-bond acceptors (Lipinski definition) is 3.